The van der Waals surface area contributed by atoms with Crippen LogP contribution in [0.2, 0.25) is 0 Å². The predicted octanol–water partition coefficient (Wildman–Crippen LogP) is 1.45. The number of benzene rings is 1. The Morgan fingerprint density at radius 1 is 1.14 bits per heavy atom. The molecule has 0 radical (unpaired) electrons. The molecule has 3 rings (SSSR count). The molecule has 2 atom stereocenters. The second-order valence-electron chi connectivity index (χ2n) is 5.54. The van der Waals surface area contributed by atoms with Gasteiger partial charge in [-0.15, -0.1) is 5.10 Å². The van der Waals surface area contributed by atoms with Crippen LogP contribution in [-0.2, 0) is 6.54 Å². The topological polar surface area (TPSA) is 75.9 Å². The molecule has 1 aromatic heterocycles. The smallest absolute Gasteiger partial charge is 0.170 e. The van der Waals surface area contributed by atoms with Gasteiger partial charge in [-0.2, -0.15) is 4.68 Å². The molecule has 1 aliphatic carbocycles. The zero-order valence-corrected chi connectivity index (χ0v) is 12.0. The van der Waals surface area contributed by atoms with Crippen LogP contribution in [-0.4, -0.2) is 37.5 Å². The number of nitrogens with one attached hydrogen (secondary N) is 1. The Kier molecular flexibility index (Phi) is 4.57. The standard InChI is InChI=1S/C15H21N5O/c21-14-10-6-2-5-9-13(14)16-11-15-17-18-19-20(15)12-7-3-1-4-8-12/h1,3-4,7-8,13-14,16,21H,2,5-6,9-11H2. The average Bonchev–Trinajstić information content (AvgIpc) is 2.89. The first-order chi connectivity index (χ1) is 10.3. The number of aliphatic hydroxyl groups is 1. The van der Waals surface area contributed by atoms with Crippen molar-refractivity contribution >= 4 is 0 Å². The Morgan fingerprint density at radius 2 is 1.95 bits per heavy atom. The molecule has 1 fully saturated rings. The maximum atomic E-state index is 10.1. The fraction of sp³-hybridized carbons (Fsp3) is 0.533. The van der Waals surface area contributed by atoms with E-state index in [2.05, 4.69) is 20.8 Å². The maximum Gasteiger partial charge on any atom is 0.170 e. The minimum absolute atomic E-state index is 0.133. The van der Waals surface area contributed by atoms with Crippen LogP contribution >= 0.6 is 0 Å². The van der Waals surface area contributed by atoms with E-state index in [9.17, 15) is 5.11 Å². The van der Waals surface area contributed by atoms with Crippen molar-refractivity contribution in [3.63, 3.8) is 0 Å². The van der Waals surface area contributed by atoms with Crippen molar-refractivity contribution in [3.05, 3.63) is 36.2 Å². The van der Waals surface area contributed by atoms with Crippen molar-refractivity contribution in [1.82, 2.24) is 25.5 Å². The van der Waals surface area contributed by atoms with Crippen molar-refractivity contribution in [3.8, 4) is 5.69 Å². The first-order valence-electron chi connectivity index (χ1n) is 7.59. The van der Waals surface area contributed by atoms with Crippen molar-refractivity contribution in [2.24, 2.45) is 0 Å². The van der Waals surface area contributed by atoms with Crippen molar-refractivity contribution in [2.45, 2.75) is 50.8 Å². The lowest BCUT2D eigenvalue weighted by molar-refractivity contribution is 0.119. The third-order valence-corrected chi connectivity index (χ3v) is 4.04. The summed E-state index contributed by atoms with van der Waals surface area (Å²) in [6, 6.07) is 9.97. The molecule has 1 aliphatic rings. The first-order valence-corrected chi connectivity index (χ1v) is 7.59. The summed E-state index contributed by atoms with van der Waals surface area (Å²) in [4.78, 5) is 0. The zero-order valence-electron chi connectivity index (χ0n) is 12.0. The van der Waals surface area contributed by atoms with Gasteiger partial charge in [0.05, 0.1) is 18.3 Å². The van der Waals surface area contributed by atoms with Gasteiger partial charge in [-0.1, -0.05) is 37.5 Å². The molecule has 6 heteroatoms. The largest absolute Gasteiger partial charge is 0.392 e. The van der Waals surface area contributed by atoms with Crippen LogP contribution in [0.15, 0.2) is 30.3 Å². The van der Waals surface area contributed by atoms with Gasteiger partial charge in [-0.25, -0.2) is 0 Å². The predicted molar refractivity (Wildman–Crippen MR) is 78.9 cm³/mol. The minimum atomic E-state index is -0.270. The highest BCUT2D eigenvalue weighted by molar-refractivity contribution is 5.30. The molecule has 2 N–H and O–H groups in total. The quantitative estimate of drug-likeness (QED) is 0.832. The lowest BCUT2D eigenvalue weighted by Gasteiger charge is -2.21. The van der Waals surface area contributed by atoms with Gasteiger partial charge in [0.1, 0.15) is 0 Å². The number of hydrogen-bond donors (Lipinski definition) is 2. The number of aliphatic hydroxyl groups excluding tert-OH is 1. The molecule has 2 aromatic rings. The normalized spacial score (nSPS) is 22.9. The molecule has 21 heavy (non-hydrogen) atoms. The molecule has 112 valence electrons. The lowest BCUT2D eigenvalue weighted by atomic mass is 10.1. The highest BCUT2D eigenvalue weighted by atomic mass is 16.3. The molecule has 1 saturated carbocycles. The Balaban J connectivity index is 1.67. The number of para-hydroxylation sites is 1. The third kappa shape index (κ3) is 3.46. The molecule has 0 bridgehead atoms. The van der Waals surface area contributed by atoms with Crippen LogP contribution in [0.1, 0.15) is 37.9 Å². The monoisotopic (exact) mass is 287 g/mol. The Labute approximate surface area is 124 Å². The summed E-state index contributed by atoms with van der Waals surface area (Å²) in [6.45, 7) is 0.559. The van der Waals surface area contributed by atoms with Crippen molar-refractivity contribution < 1.29 is 5.11 Å². The van der Waals surface area contributed by atoms with Crippen LogP contribution in [0, 0.1) is 0 Å². The second kappa shape index (κ2) is 6.78. The second-order valence-corrected chi connectivity index (χ2v) is 5.54. The Bertz CT molecular complexity index is 556. The molecule has 6 nitrogen and oxygen atoms in total. The Hall–Kier alpha value is -1.79. The van der Waals surface area contributed by atoms with E-state index in [1.165, 1.54) is 12.8 Å². The van der Waals surface area contributed by atoms with Gasteiger partial charge >= 0.3 is 0 Å². The van der Waals surface area contributed by atoms with Crippen LogP contribution in [0.25, 0.3) is 5.69 Å². The number of aromatic nitrogens is 4. The van der Waals surface area contributed by atoms with Crippen LogP contribution in [0.4, 0.5) is 0 Å². The van der Waals surface area contributed by atoms with Crippen molar-refractivity contribution in [2.75, 3.05) is 0 Å². The summed E-state index contributed by atoms with van der Waals surface area (Å²) >= 11 is 0. The Morgan fingerprint density at radius 3 is 2.81 bits per heavy atom. The van der Waals surface area contributed by atoms with Gasteiger partial charge in [0.15, 0.2) is 5.82 Å². The highest BCUT2D eigenvalue weighted by Crippen LogP contribution is 2.18. The third-order valence-electron chi connectivity index (χ3n) is 4.04. The summed E-state index contributed by atoms with van der Waals surface area (Å²) in [5, 5.41) is 25.4. The number of nitrogens with zero attached hydrogens (tertiary/aromatic N) is 4. The SMILES string of the molecule is OC1CCCCCC1NCc1nnnn1-c1ccccc1. The van der Waals surface area contributed by atoms with Gasteiger partial charge in [-0.3, -0.25) is 0 Å². The average molecular weight is 287 g/mol. The van der Waals surface area contributed by atoms with E-state index >= 15 is 0 Å². The zero-order chi connectivity index (χ0) is 14.5. The van der Waals surface area contributed by atoms with E-state index in [4.69, 9.17) is 0 Å². The lowest BCUT2D eigenvalue weighted by Crippen LogP contribution is -2.39. The maximum absolute atomic E-state index is 10.1. The van der Waals surface area contributed by atoms with Crippen LogP contribution in [0.5, 0.6) is 0 Å². The highest BCUT2D eigenvalue weighted by Gasteiger charge is 2.21. The van der Waals surface area contributed by atoms with Gasteiger partial charge in [0.25, 0.3) is 0 Å². The molecule has 0 aliphatic heterocycles. The van der Waals surface area contributed by atoms with E-state index < -0.39 is 0 Å². The molecule has 0 spiro atoms. The molecule has 2 unspecified atom stereocenters. The fourth-order valence-corrected chi connectivity index (χ4v) is 2.83. The molecule has 1 heterocycles. The van der Waals surface area contributed by atoms with Gasteiger partial charge in [0.2, 0.25) is 0 Å². The van der Waals surface area contributed by atoms with Crippen LogP contribution < -0.4 is 5.32 Å². The molecule has 0 amide bonds. The van der Waals surface area contributed by atoms with E-state index in [0.717, 1.165) is 30.8 Å². The summed E-state index contributed by atoms with van der Waals surface area (Å²) < 4.78 is 1.73. The molecular weight excluding hydrogens is 266 g/mol. The molecular formula is C15H21N5O. The van der Waals surface area contributed by atoms with E-state index in [0.29, 0.717) is 6.54 Å². The first kappa shape index (κ1) is 14.2. The van der Waals surface area contributed by atoms with E-state index in [-0.39, 0.29) is 12.1 Å². The van der Waals surface area contributed by atoms with E-state index in [1.807, 2.05) is 30.3 Å². The van der Waals surface area contributed by atoms with E-state index in [1.54, 1.807) is 4.68 Å². The van der Waals surface area contributed by atoms with Gasteiger partial charge in [-0.05, 0) is 35.4 Å². The number of hydrogen-bond acceptors (Lipinski definition) is 5. The summed E-state index contributed by atoms with van der Waals surface area (Å²) in [5.41, 5.74) is 0.945. The number of rotatable bonds is 4. The summed E-state index contributed by atoms with van der Waals surface area (Å²) in [5.74, 6) is 0.762. The van der Waals surface area contributed by atoms with Gasteiger partial charge < -0.3 is 10.4 Å². The van der Waals surface area contributed by atoms with Gasteiger partial charge in [0, 0.05) is 6.04 Å². The fourth-order valence-electron chi connectivity index (χ4n) is 2.83. The minimum Gasteiger partial charge on any atom is -0.392 e. The number of tetrazole rings is 1. The van der Waals surface area contributed by atoms with Crippen molar-refractivity contribution in [1.29, 1.82) is 0 Å². The summed E-state index contributed by atoms with van der Waals surface area (Å²) in [6.07, 6.45) is 5.10. The molecule has 0 saturated heterocycles. The van der Waals surface area contributed by atoms with Crippen LogP contribution in [0.3, 0.4) is 0 Å². The summed E-state index contributed by atoms with van der Waals surface area (Å²) in [7, 11) is 0. The molecule has 1 aromatic carbocycles.